The van der Waals surface area contributed by atoms with E-state index >= 15 is 0 Å². The van der Waals surface area contributed by atoms with Crippen LogP contribution >= 0.6 is 11.3 Å². The number of likely N-dealkylation sites (tertiary alicyclic amines) is 1. The summed E-state index contributed by atoms with van der Waals surface area (Å²) in [7, 11) is 0. The normalized spacial score (nSPS) is 14.9. The minimum Gasteiger partial charge on any atom is -0.302 e. The van der Waals surface area contributed by atoms with Crippen LogP contribution in [-0.4, -0.2) is 34.2 Å². The zero-order valence-electron chi connectivity index (χ0n) is 11.1. The van der Waals surface area contributed by atoms with Crippen molar-refractivity contribution in [2.24, 2.45) is 0 Å². The Hall–Kier alpha value is -1.76. The summed E-state index contributed by atoms with van der Waals surface area (Å²) < 4.78 is 0. The Labute approximate surface area is 121 Å². The van der Waals surface area contributed by atoms with Crippen LogP contribution in [0.3, 0.4) is 0 Å². The number of aromatic nitrogens is 1. The summed E-state index contributed by atoms with van der Waals surface area (Å²) in [6, 6.07) is 0. The smallest absolute Gasteiger partial charge is 0.229 e. The van der Waals surface area contributed by atoms with E-state index in [0.717, 1.165) is 19.3 Å². The molecule has 0 aromatic carbocycles. The lowest BCUT2D eigenvalue weighted by atomic mass is 10.2. The zero-order chi connectivity index (χ0) is 14.4. The first kappa shape index (κ1) is 14.6. The molecule has 0 atom stereocenters. The lowest BCUT2D eigenvalue weighted by Crippen LogP contribution is -2.29. The minimum atomic E-state index is -0.0727. The monoisotopic (exact) mass is 295 g/mol. The van der Waals surface area contributed by atoms with Crippen molar-refractivity contribution in [3.05, 3.63) is 11.6 Å². The van der Waals surface area contributed by atoms with E-state index in [-0.39, 0.29) is 17.7 Å². The molecule has 3 amide bonds. The van der Waals surface area contributed by atoms with Gasteiger partial charge < -0.3 is 5.32 Å². The van der Waals surface area contributed by atoms with E-state index in [1.165, 1.54) is 16.2 Å². The number of rotatable bonds is 7. The SMILES string of the molecule is O=C(CCCCCN1C(=O)CCC1=O)Nc1nccs1. The van der Waals surface area contributed by atoms with E-state index in [1.807, 2.05) is 0 Å². The van der Waals surface area contributed by atoms with Crippen molar-refractivity contribution in [3.63, 3.8) is 0 Å². The Kier molecular flexibility index (Phi) is 5.23. The highest BCUT2D eigenvalue weighted by Gasteiger charge is 2.27. The molecule has 0 radical (unpaired) electrons. The highest BCUT2D eigenvalue weighted by molar-refractivity contribution is 7.13. The van der Waals surface area contributed by atoms with Gasteiger partial charge in [0.2, 0.25) is 17.7 Å². The van der Waals surface area contributed by atoms with Gasteiger partial charge in [-0.1, -0.05) is 6.42 Å². The van der Waals surface area contributed by atoms with E-state index in [4.69, 9.17) is 0 Å². The van der Waals surface area contributed by atoms with Crippen molar-refractivity contribution in [1.29, 1.82) is 0 Å². The summed E-state index contributed by atoms with van der Waals surface area (Å²) in [4.78, 5) is 39.6. The van der Waals surface area contributed by atoms with Crippen LogP contribution in [0.2, 0.25) is 0 Å². The Balaban J connectivity index is 1.56. The maximum Gasteiger partial charge on any atom is 0.229 e. The summed E-state index contributed by atoms with van der Waals surface area (Å²) in [5.41, 5.74) is 0. The standard InChI is InChI=1S/C13H17N3O3S/c17-10(15-13-14-7-9-20-13)4-2-1-3-8-16-11(18)5-6-12(16)19/h7,9H,1-6,8H2,(H,14,15,17). The van der Waals surface area contributed by atoms with Crippen LogP contribution in [0.15, 0.2) is 11.6 Å². The number of amides is 3. The molecule has 1 saturated heterocycles. The maximum atomic E-state index is 11.6. The van der Waals surface area contributed by atoms with Gasteiger partial charge in [0, 0.05) is 37.4 Å². The van der Waals surface area contributed by atoms with Crippen molar-refractivity contribution in [2.75, 3.05) is 11.9 Å². The fourth-order valence-electron chi connectivity index (χ4n) is 2.07. The van der Waals surface area contributed by atoms with Gasteiger partial charge in [0.15, 0.2) is 5.13 Å². The molecule has 1 aliphatic heterocycles. The number of anilines is 1. The number of carbonyl (C=O) groups is 3. The second kappa shape index (κ2) is 7.14. The third-order valence-electron chi connectivity index (χ3n) is 3.12. The molecule has 1 N–H and O–H groups in total. The van der Waals surface area contributed by atoms with Crippen LogP contribution in [0.4, 0.5) is 5.13 Å². The lowest BCUT2D eigenvalue weighted by molar-refractivity contribution is -0.138. The molecular formula is C13H17N3O3S. The molecule has 0 spiro atoms. The number of hydrogen-bond acceptors (Lipinski definition) is 5. The molecule has 1 aromatic rings. The minimum absolute atomic E-state index is 0.0479. The summed E-state index contributed by atoms with van der Waals surface area (Å²) in [6.07, 6.45) is 5.08. The number of carbonyl (C=O) groups excluding carboxylic acids is 3. The fourth-order valence-corrected chi connectivity index (χ4v) is 2.62. The average Bonchev–Trinajstić information content (AvgIpc) is 3.02. The molecular weight excluding hydrogens is 278 g/mol. The number of hydrogen-bond donors (Lipinski definition) is 1. The second-order valence-corrected chi connectivity index (χ2v) is 5.53. The maximum absolute atomic E-state index is 11.6. The number of thiazole rings is 1. The molecule has 0 aliphatic carbocycles. The van der Waals surface area contributed by atoms with Crippen molar-refractivity contribution >= 4 is 34.2 Å². The fraction of sp³-hybridized carbons (Fsp3) is 0.538. The Morgan fingerprint density at radius 3 is 2.65 bits per heavy atom. The molecule has 6 nitrogen and oxygen atoms in total. The van der Waals surface area contributed by atoms with Gasteiger partial charge in [-0.2, -0.15) is 0 Å². The number of imide groups is 1. The Morgan fingerprint density at radius 2 is 2.00 bits per heavy atom. The molecule has 1 aromatic heterocycles. The topological polar surface area (TPSA) is 79.4 Å². The van der Waals surface area contributed by atoms with Crippen molar-refractivity contribution in [2.45, 2.75) is 38.5 Å². The first-order valence-corrected chi connectivity index (χ1v) is 7.57. The van der Waals surface area contributed by atoms with E-state index in [2.05, 4.69) is 10.3 Å². The molecule has 2 rings (SSSR count). The van der Waals surface area contributed by atoms with Crippen LogP contribution in [0, 0.1) is 0 Å². The third-order valence-corrected chi connectivity index (χ3v) is 3.81. The van der Waals surface area contributed by atoms with Gasteiger partial charge in [0.25, 0.3) is 0 Å². The largest absolute Gasteiger partial charge is 0.302 e. The molecule has 2 heterocycles. The first-order valence-electron chi connectivity index (χ1n) is 6.69. The molecule has 108 valence electrons. The predicted molar refractivity (Wildman–Crippen MR) is 75.2 cm³/mol. The van der Waals surface area contributed by atoms with Crippen LogP contribution in [0.1, 0.15) is 38.5 Å². The quantitative estimate of drug-likeness (QED) is 0.614. The van der Waals surface area contributed by atoms with Gasteiger partial charge in [0.05, 0.1) is 0 Å². The van der Waals surface area contributed by atoms with E-state index in [9.17, 15) is 14.4 Å². The summed E-state index contributed by atoms with van der Waals surface area (Å²) >= 11 is 1.39. The van der Waals surface area contributed by atoms with Crippen LogP contribution in [0.5, 0.6) is 0 Å². The van der Waals surface area contributed by atoms with E-state index in [0.29, 0.717) is 30.9 Å². The van der Waals surface area contributed by atoms with Crippen molar-refractivity contribution < 1.29 is 14.4 Å². The lowest BCUT2D eigenvalue weighted by Gasteiger charge is -2.12. The molecule has 0 saturated carbocycles. The van der Waals surface area contributed by atoms with Gasteiger partial charge in [-0.25, -0.2) is 4.98 Å². The van der Waals surface area contributed by atoms with Crippen molar-refractivity contribution in [1.82, 2.24) is 9.88 Å². The Morgan fingerprint density at radius 1 is 1.25 bits per heavy atom. The third kappa shape index (κ3) is 4.12. The number of unbranched alkanes of at least 4 members (excludes halogenated alkanes) is 2. The van der Waals surface area contributed by atoms with Crippen LogP contribution in [0.25, 0.3) is 0 Å². The number of nitrogens with one attached hydrogen (secondary N) is 1. The van der Waals surface area contributed by atoms with Gasteiger partial charge in [-0.05, 0) is 12.8 Å². The van der Waals surface area contributed by atoms with Gasteiger partial charge >= 0.3 is 0 Å². The molecule has 1 aliphatic rings. The predicted octanol–water partition coefficient (Wildman–Crippen LogP) is 1.79. The van der Waals surface area contributed by atoms with E-state index < -0.39 is 0 Å². The molecule has 20 heavy (non-hydrogen) atoms. The molecule has 1 fully saturated rings. The average molecular weight is 295 g/mol. The van der Waals surface area contributed by atoms with Crippen molar-refractivity contribution in [3.8, 4) is 0 Å². The second-order valence-electron chi connectivity index (χ2n) is 4.64. The van der Waals surface area contributed by atoms with Gasteiger partial charge in [-0.15, -0.1) is 11.3 Å². The zero-order valence-corrected chi connectivity index (χ0v) is 11.9. The first-order chi connectivity index (χ1) is 9.66. The molecule has 0 unspecified atom stereocenters. The molecule has 0 bridgehead atoms. The highest BCUT2D eigenvalue weighted by Crippen LogP contribution is 2.14. The van der Waals surface area contributed by atoms with Gasteiger partial charge in [0.1, 0.15) is 0 Å². The van der Waals surface area contributed by atoms with E-state index in [1.54, 1.807) is 11.6 Å². The summed E-state index contributed by atoms with van der Waals surface area (Å²) in [5.74, 6) is -0.193. The highest BCUT2D eigenvalue weighted by atomic mass is 32.1. The summed E-state index contributed by atoms with van der Waals surface area (Å²) in [6.45, 7) is 0.478. The summed E-state index contributed by atoms with van der Waals surface area (Å²) in [5, 5.41) is 5.14. The molecule has 7 heteroatoms. The van der Waals surface area contributed by atoms with Crippen LogP contribution in [-0.2, 0) is 14.4 Å². The van der Waals surface area contributed by atoms with Gasteiger partial charge in [-0.3, -0.25) is 19.3 Å². The van der Waals surface area contributed by atoms with Crippen LogP contribution < -0.4 is 5.32 Å². The Bertz CT molecular complexity index is 471. The number of nitrogens with zero attached hydrogens (tertiary/aromatic N) is 2.